The van der Waals surface area contributed by atoms with Crippen molar-refractivity contribution in [1.29, 1.82) is 0 Å². The number of piperidine rings is 1. The zero-order valence-electron chi connectivity index (χ0n) is 10.3. The molecule has 1 aromatic rings. The lowest BCUT2D eigenvalue weighted by Crippen LogP contribution is -2.41. The molecule has 3 rings (SSSR count). The molecule has 2 atom stereocenters. The Morgan fingerprint density at radius 3 is 2.61 bits per heavy atom. The van der Waals surface area contributed by atoms with Crippen molar-refractivity contribution in [3.63, 3.8) is 0 Å². The van der Waals surface area contributed by atoms with Crippen LogP contribution in [0, 0.1) is 5.92 Å². The van der Waals surface area contributed by atoms with Gasteiger partial charge in [0.25, 0.3) is 0 Å². The van der Waals surface area contributed by atoms with E-state index >= 15 is 0 Å². The number of hydrogen-bond donors (Lipinski definition) is 0. The first-order chi connectivity index (χ1) is 8.69. The first-order valence-electron chi connectivity index (χ1n) is 6.15. The predicted octanol–water partition coefficient (Wildman–Crippen LogP) is 1.39. The number of nitrogens with zero attached hydrogens (tertiary/aromatic N) is 1. The van der Waals surface area contributed by atoms with Crippen LogP contribution < -0.4 is 4.74 Å². The maximum Gasteiger partial charge on any atom is 0.227 e. The molecular weight excluding hydrogens is 230 g/mol. The third-order valence-electron chi connectivity index (χ3n) is 3.85. The molecule has 4 heteroatoms. The summed E-state index contributed by atoms with van der Waals surface area (Å²) in [4.78, 5) is 25.4. The number of carbonyl (C=O) groups is 2. The normalized spacial score (nSPS) is 25.9. The van der Waals surface area contributed by atoms with Gasteiger partial charge in [0.15, 0.2) is 5.78 Å². The summed E-state index contributed by atoms with van der Waals surface area (Å²) in [5.74, 6) is 1.09. The highest BCUT2D eigenvalue weighted by atomic mass is 16.5. The van der Waals surface area contributed by atoms with E-state index in [9.17, 15) is 9.59 Å². The number of ether oxygens (including phenoxy) is 1. The highest BCUT2D eigenvalue weighted by Gasteiger charge is 2.49. The molecule has 4 nitrogen and oxygen atoms in total. The molecule has 1 amide bonds. The van der Waals surface area contributed by atoms with Gasteiger partial charge < -0.3 is 9.64 Å². The Hall–Kier alpha value is -1.84. The van der Waals surface area contributed by atoms with Gasteiger partial charge >= 0.3 is 0 Å². The van der Waals surface area contributed by atoms with Crippen LogP contribution in [0.4, 0.5) is 0 Å². The Kier molecular flexibility index (Phi) is 2.58. The van der Waals surface area contributed by atoms with Crippen LogP contribution in [0.2, 0.25) is 0 Å². The molecule has 1 heterocycles. The minimum absolute atomic E-state index is 0.0549. The number of benzene rings is 1. The van der Waals surface area contributed by atoms with E-state index < -0.39 is 0 Å². The first kappa shape index (κ1) is 11.3. The number of amides is 1. The molecule has 1 aromatic carbocycles. The van der Waals surface area contributed by atoms with Gasteiger partial charge in [0.1, 0.15) is 5.75 Å². The van der Waals surface area contributed by atoms with Crippen molar-refractivity contribution in [2.75, 3.05) is 7.11 Å². The monoisotopic (exact) mass is 245 g/mol. The SMILES string of the molecule is COc1ccc(CN2C(=O)C3CC(=O)C2C3)cc1. The van der Waals surface area contributed by atoms with Crippen LogP contribution in [0.5, 0.6) is 5.75 Å². The van der Waals surface area contributed by atoms with E-state index in [-0.39, 0.29) is 23.7 Å². The summed E-state index contributed by atoms with van der Waals surface area (Å²) < 4.78 is 5.09. The summed E-state index contributed by atoms with van der Waals surface area (Å²) in [5.41, 5.74) is 1.03. The number of rotatable bonds is 3. The Bertz CT molecular complexity index is 494. The summed E-state index contributed by atoms with van der Waals surface area (Å²) in [6, 6.07) is 7.43. The first-order valence-corrected chi connectivity index (χ1v) is 6.15. The van der Waals surface area contributed by atoms with E-state index in [2.05, 4.69) is 0 Å². The quantitative estimate of drug-likeness (QED) is 0.808. The second-order valence-electron chi connectivity index (χ2n) is 4.93. The number of ketones is 1. The Balaban J connectivity index is 1.76. The van der Waals surface area contributed by atoms with Crippen molar-refractivity contribution in [1.82, 2.24) is 4.90 Å². The molecule has 0 spiro atoms. The van der Waals surface area contributed by atoms with Gasteiger partial charge in [-0.2, -0.15) is 0 Å². The van der Waals surface area contributed by atoms with Crippen molar-refractivity contribution in [3.05, 3.63) is 29.8 Å². The van der Waals surface area contributed by atoms with Crippen molar-refractivity contribution in [3.8, 4) is 5.75 Å². The number of fused-ring (bicyclic) bond motifs is 2. The molecule has 2 fully saturated rings. The van der Waals surface area contributed by atoms with Crippen LogP contribution in [0.15, 0.2) is 24.3 Å². The number of likely N-dealkylation sites (tertiary alicyclic amines) is 1. The Labute approximate surface area is 106 Å². The highest BCUT2D eigenvalue weighted by molar-refractivity contribution is 6.00. The maximum atomic E-state index is 12.0. The van der Waals surface area contributed by atoms with E-state index in [0.717, 1.165) is 11.3 Å². The Morgan fingerprint density at radius 2 is 2.00 bits per heavy atom. The Morgan fingerprint density at radius 1 is 1.28 bits per heavy atom. The minimum atomic E-state index is -0.176. The highest BCUT2D eigenvalue weighted by Crippen LogP contribution is 2.37. The van der Waals surface area contributed by atoms with Crippen LogP contribution in [-0.2, 0) is 16.1 Å². The second kappa shape index (κ2) is 4.12. The molecule has 1 aliphatic heterocycles. The number of methoxy groups -OCH3 is 1. The zero-order valence-corrected chi connectivity index (χ0v) is 10.3. The van der Waals surface area contributed by atoms with E-state index in [0.29, 0.717) is 19.4 Å². The van der Waals surface area contributed by atoms with Crippen LogP contribution in [0.3, 0.4) is 0 Å². The minimum Gasteiger partial charge on any atom is -0.497 e. The lowest BCUT2D eigenvalue weighted by molar-refractivity contribution is -0.141. The van der Waals surface area contributed by atoms with Crippen LogP contribution in [0.25, 0.3) is 0 Å². The fourth-order valence-corrected chi connectivity index (χ4v) is 2.86. The van der Waals surface area contributed by atoms with E-state index in [1.165, 1.54) is 0 Å². The molecule has 0 aromatic heterocycles. The van der Waals surface area contributed by atoms with Gasteiger partial charge in [0, 0.05) is 18.9 Å². The van der Waals surface area contributed by atoms with Gasteiger partial charge in [-0.05, 0) is 24.1 Å². The molecular formula is C14H15NO3. The van der Waals surface area contributed by atoms with Crippen molar-refractivity contribution < 1.29 is 14.3 Å². The zero-order chi connectivity index (χ0) is 12.7. The predicted molar refractivity (Wildman–Crippen MR) is 65.1 cm³/mol. The van der Waals surface area contributed by atoms with Crippen molar-refractivity contribution in [2.45, 2.75) is 25.4 Å². The van der Waals surface area contributed by atoms with Crippen LogP contribution in [0.1, 0.15) is 18.4 Å². The maximum absolute atomic E-state index is 12.0. The molecule has 1 aliphatic carbocycles. The smallest absolute Gasteiger partial charge is 0.227 e. The number of Topliss-reactive ketones (excluding diaryl/α,β-unsaturated/α-hetero) is 1. The van der Waals surface area contributed by atoms with Gasteiger partial charge in [0.05, 0.1) is 13.2 Å². The van der Waals surface area contributed by atoms with Gasteiger partial charge in [-0.15, -0.1) is 0 Å². The molecule has 1 saturated carbocycles. The average molecular weight is 245 g/mol. The largest absolute Gasteiger partial charge is 0.497 e. The van der Waals surface area contributed by atoms with E-state index in [1.807, 2.05) is 24.3 Å². The molecule has 18 heavy (non-hydrogen) atoms. The fraction of sp³-hybridized carbons (Fsp3) is 0.429. The second-order valence-corrected chi connectivity index (χ2v) is 4.93. The van der Waals surface area contributed by atoms with Crippen molar-refractivity contribution in [2.24, 2.45) is 5.92 Å². The van der Waals surface area contributed by atoms with Crippen LogP contribution in [-0.4, -0.2) is 29.7 Å². The van der Waals surface area contributed by atoms with Crippen molar-refractivity contribution >= 4 is 11.7 Å². The summed E-state index contributed by atoms with van der Waals surface area (Å²) >= 11 is 0. The third kappa shape index (κ3) is 1.68. The molecule has 1 saturated heterocycles. The summed E-state index contributed by atoms with van der Waals surface area (Å²) in [7, 11) is 1.62. The van der Waals surface area contributed by atoms with Gasteiger partial charge in [0.2, 0.25) is 5.91 Å². The van der Waals surface area contributed by atoms with Gasteiger partial charge in [-0.3, -0.25) is 9.59 Å². The third-order valence-corrected chi connectivity index (χ3v) is 3.85. The molecule has 2 unspecified atom stereocenters. The lowest BCUT2D eigenvalue weighted by atomic mass is 10.1. The summed E-state index contributed by atoms with van der Waals surface area (Å²) in [6.07, 6.45) is 1.16. The van der Waals surface area contributed by atoms with E-state index in [1.54, 1.807) is 12.0 Å². The van der Waals surface area contributed by atoms with E-state index in [4.69, 9.17) is 4.74 Å². The summed E-state index contributed by atoms with van der Waals surface area (Å²) in [6.45, 7) is 0.524. The van der Waals surface area contributed by atoms with Crippen LogP contribution >= 0.6 is 0 Å². The van der Waals surface area contributed by atoms with Gasteiger partial charge in [-0.1, -0.05) is 12.1 Å². The lowest BCUT2D eigenvalue weighted by Gasteiger charge is -2.26. The molecule has 0 N–H and O–H groups in total. The average Bonchev–Trinajstić information content (AvgIpc) is 2.89. The standard InChI is InChI=1S/C14H15NO3/c1-18-11-4-2-9(3-5-11)8-15-12-6-10(14(15)17)7-13(12)16/h2-5,10,12H,6-8H2,1H3. The molecule has 2 bridgehead atoms. The number of carbonyl (C=O) groups excluding carboxylic acids is 2. The molecule has 0 radical (unpaired) electrons. The molecule has 94 valence electrons. The van der Waals surface area contributed by atoms with Gasteiger partial charge in [-0.25, -0.2) is 0 Å². The summed E-state index contributed by atoms with van der Waals surface area (Å²) in [5, 5.41) is 0. The fourth-order valence-electron chi connectivity index (χ4n) is 2.86. The topological polar surface area (TPSA) is 46.6 Å². The number of hydrogen-bond acceptors (Lipinski definition) is 3. The molecule has 2 aliphatic rings.